The molecule has 2 aliphatic rings. The van der Waals surface area contributed by atoms with Crippen LogP contribution >= 0.6 is 11.3 Å². The number of nitrogens with zero attached hydrogens (tertiary/aromatic N) is 2. The van der Waals surface area contributed by atoms with Crippen molar-refractivity contribution in [3.05, 3.63) is 46.5 Å². The van der Waals surface area contributed by atoms with Gasteiger partial charge in [0.05, 0.1) is 25.3 Å². The third kappa shape index (κ3) is 5.87. The molecule has 0 bridgehead atoms. The lowest BCUT2D eigenvalue weighted by atomic mass is 9.83. The highest BCUT2D eigenvalue weighted by molar-refractivity contribution is 7.13. The monoisotopic (exact) mass is 496 g/mol. The van der Waals surface area contributed by atoms with Gasteiger partial charge in [0.2, 0.25) is 5.91 Å². The van der Waals surface area contributed by atoms with Gasteiger partial charge < -0.3 is 15.4 Å². The maximum absolute atomic E-state index is 12.8. The number of amides is 2. The number of ether oxygens (including phenoxy) is 1. The van der Waals surface area contributed by atoms with E-state index < -0.39 is 17.6 Å². The highest BCUT2D eigenvalue weighted by atomic mass is 32.1. The van der Waals surface area contributed by atoms with Crippen LogP contribution in [0, 0.1) is 0 Å². The smallest absolute Gasteiger partial charge is 0.416 e. The van der Waals surface area contributed by atoms with E-state index in [4.69, 9.17) is 4.74 Å². The molecule has 0 unspecified atom stereocenters. The molecular weight excluding hydrogens is 469 g/mol. The van der Waals surface area contributed by atoms with Gasteiger partial charge in [0.25, 0.3) is 11.1 Å². The average molecular weight is 497 g/mol. The molecule has 11 heteroatoms. The first kappa shape index (κ1) is 24.5. The number of carbonyl (C=O) groups is 2. The van der Waals surface area contributed by atoms with Crippen LogP contribution in [-0.2, 0) is 11.0 Å². The second kappa shape index (κ2) is 10.3. The minimum Gasteiger partial charge on any atom is -0.473 e. The number of hydrogen-bond donors (Lipinski definition) is 2. The van der Waals surface area contributed by atoms with Crippen molar-refractivity contribution in [3.63, 3.8) is 0 Å². The summed E-state index contributed by atoms with van der Waals surface area (Å²) < 4.78 is 43.6. The number of likely N-dealkylation sites (tertiary alicyclic amines) is 1. The predicted octanol–water partition coefficient (Wildman–Crippen LogP) is 3.43. The molecule has 2 fully saturated rings. The van der Waals surface area contributed by atoms with Gasteiger partial charge in [0.1, 0.15) is 0 Å². The fraction of sp³-hybridized carbons (Fsp3) is 0.522. The zero-order valence-electron chi connectivity index (χ0n) is 18.7. The number of carbonyl (C=O) groups excluding carboxylic acids is 2. The Balaban J connectivity index is 1.15. The Morgan fingerprint density at radius 1 is 1.21 bits per heavy atom. The van der Waals surface area contributed by atoms with Crippen molar-refractivity contribution in [2.24, 2.45) is 0 Å². The fourth-order valence-corrected chi connectivity index (χ4v) is 5.46. The molecular formula is C23H27F3N4O3S. The van der Waals surface area contributed by atoms with E-state index in [-0.39, 0.29) is 24.1 Å². The Bertz CT molecular complexity index is 1010. The van der Waals surface area contributed by atoms with E-state index in [9.17, 15) is 22.8 Å². The lowest BCUT2D eigenvalue weighted by molar-refractivity contribution is -0.137. The van der Waals surface area contributed by atoms with Gasteiger partial charge in [0.15, 0.2) is 0 Å². The second-order valence-electron chi connectivity index (χ2n) is 8.72. The molecule has 184 valence electrons. The van der Waals surface area contributed by atoms with Gasteiger partial charge >= 0.3 is 6.18 Å². The highest BCUT2D eigenvalue weighted by Crippen LogP contribution is 2.39. The number of nitrogens with one attached hydrogen (secondary N) is 2. The molecule has 1 aromatic heterocycles. The second-order valence-corrected chi connectivity index (χ2v) is 9.74. The SMILES string of the molecule is COc1ncc(C2CCC(N3CC(NC(=O)CNC(=O)c4cccc(C(F)(F)F)c4)C3)CC2)s1. The van der Waals surface area contributed by atoms with E-state index in [0.717, 1.165) is 50.9 Å². The van der Waals surface area contributed by atoms with E-state index in [1.165, 1.54) is 17.0 Å². The quantitative estimate of drug-likeness (QED) is 0.614. The van der Waals surface area contributed by atoms with Crippen LogP contribution in [0.4, 0.5) is 13.2 Å². The summed E-state index contributed by atoms with van der Waals surface area (Å²) >= 11 is 1.61. The molecule has 2 aromatic rings. The van der Waals surface area contributed by atoms with Crippen molar-refractivity contribution in [2.45, 2.75) is 49.9 Å². The summed E-state index contributed by atoms with van der Waals surface area (Å²) in [5, 5.41) is 5.96. The van der Waals surface area contributed by atoms with E-state index in [0.29, 0.717) is 17.2 Å². The van der Waals surface area contributed by atoms with Gasteiger partial charge in [-0.05, 0) is 49.8 Å². The van der Waals surface area contributed by atoms with Crippen molar-refractivity contribution in [1.29, 1.82) is 0 Å². The zero-order valence-corrected chi connectivity index (χ0v) is 19.5. The summed E-state index contributed by atoms with van der Waals surface area (Å²) in [6, 6.07) is 4.64. The molecule has 2 N–H and O–H groups in total. The van der Waals surface area contributed by atoms with Crippen molar-refractivity contribution in [1.82, 2.24) is 20.5 Å². The van der Waals surface area contributed by atoms with Gasteiger partial charge in [-0.2, -0.15) is 13.2 Å². The minimum atomic E-state index is -4.53. The molecule has 7 nitrogen and oxygen atoms in total. The molecule has 1 aliphatic heterocycles. The van der Waals surface area contributed by atoms with Crippen molar-refractivity contribution in [3.8, 4) is 5.19 Å². The van der Waals surface area contributed by atoms with Crippen LogP contribution in [0.1, 0.15) is 52.4 Å². The Kier molecular flexibility index (Phi) is 7.42. The summed E-state index contributed by atoms with van der Waals surface area (Å²) in [5.41, 5.74) is -1.04. The predicted molar refractivity (Wildman–Crippen MR) is 121 cm³/mol. The Morgan fingerprint density at radius 3 is 2.59 bits per heavy atom. The highest BCUT2D eigenvalue weighted by Gasteiger charge is 2.36. The molecule has 0 spiro atoms. The van der Waals surface area contributed by atoms with Gasteiger partial charge in [-0.25, -0.2) is 4.98 Å². The van der Waals surface area contributed by atoms with Gasteiger partial charge in [-0.15, -0.1) is 0 Å². The van der Waals surface area contributed by atoms with E-state index in [2.05, 4.69) is 20.5 Å². The third-order valence-corrected chi connectivity index (χ3v) is 7.55. The standard InChI is InChI=1S/C23H27F3N4O3S/c1-33-22-28-10-19(34-22)14-5-7-18(8-6-14)30-12-17(13-30)29-20(31)11-27-21(32)15-3-2-4-16(9-15)23(24,25)26/h2-4,9-10,14,17-18H,5-8,11-13H2,1H3,(H,27,32)(H,29,31). The fourth-order valence-electron chi connectivity index (χ4n) is 4.56. The van der Waals surface area contributed by atoms with Crippen LogP contribution in [0.25, 0.3) is 0 Å². The summed E-state index contributed by atoms with van der Waals surface area (Å²) in [6.07, 6.45) is 1.78. The molecule has 0 radical (unpaired) electrons. The van der Waals surface area contributed by atoms with E-state index in [1.807, 2.05) is 6.20 Å². The van der Waals surface area contributed by atoms with Crippen LogP contribution in [0.2, 0.25) is 0 Å². The largest absolute Gasteiger partial charge is 0.473 e. The first-order valence-corrected chi connectivity index (χ1v) is 12.0. The number of benzene rings is 1. The Labute approximate surface area is 199 Å². The number of methoxy groups -OCH3 is 1. The lowest BCUT2D eigenvalue weighted by Gasteiger charge is -2.46. The molecule has 4 rings (SSSR count). The van der Waals surface area contributed by atoms with Crippen LogP contribution < -0.4 is 15.4 Å². The maximum Gasteiger partial charge on any atom is 0.416 e. The Morgan fingerprint density at radius 2 is 1.94 bits per heavy atom. The molecule has 0 atom stereocenters. The van der Waals surface area contributed by atoms with Crippen LogP contribution in [0.5, 0.6) is 5.19 Å². The minimum absolute atomic E-state index is 0.0152. The first-order chi connectivity index (χ1) is 16.2. The van der Waals surface area contributed by atoms with E-state index >= 15 is 0 Å². The molecule has 2 amide bonds. The lowest BCUT2D eigenvalue weighted by Crippen LogP contribution is -2.63. The van der Waals surface area contributed by atoms with Gasteiger partial charge in [0, 0.05) is 35.8 Å². The molecule has 1 saturated carbocycles. The molecule has 1 saturated heterocycles. The van der Waals surface area contributed by atoms with Crippen molar-refractivity contribution < 1.29 is 27.5 Å². The van der Waals surface area contributed by atoms with E-state index in [1.54, 1.807) is 18.4 Å². The first-order valence-electron chi connectivity index (χ1n) is 11.2. The number of rotatable bonds is 7. The van der Waals surface area contributed by atoms with Crippen LogP contribution in [0.3, 0.4) is 0 Å². The number of hydrogen-bond acceptors (Lipinski definition) is 6. The van der Waals surface area contributed by atoms with Crippen LogP contribution in [0.15, 0.2) is 30.5 Å². The number of halogens is 3. The summed E-state index contributed by atoms with van der Waals surface area (Å²) in [5.74, 6) is -0.547. The number of aromatic nitrogens is 1. The van der Waals surface area contributed by atoms with Crippen molar-refractivity contribution in [2.75, 3.05) is 26.7 Å². The zero-order chi connectivity index (χ0) is 24.3. The topological polar surface area (TPSA) is 83.6 Å². The average Bonchev–Trinajstić information content (AvgIpc) is 3.28. The summed E-state index contributed by atoms with van der Waals surface area (Å²) in [4.78, 5) is 32.2. The van der Waals surface area contributed by atoms with Crippen LogP contribution in [-0.4, -0.2) is 60.5 Å². The summed E-state index contributed by atoms with van der Waals surface area (Å²) in [6.45, 7) is 1.24. The normalized spacial score (nSPS) is 21.5. The molecule has 1 aliphatic carbocycles. The molecule has 1 aromatic carbocycles. The summed E-state index contributed by atoms with van der Waals surface area (Å²) in [7, 11) is 1.63. The third-order valence-electron chi connectivity index (χ3n) is 6.43. The maximum atomic E-state index is 12.8. The van der Waals surface area contributed by atoms with Gasteiger partial charge in [-0.3, -0.25) is 14.5 Å². The van der Waals surface area contributed by atoms with Crippen molar-refractivity contribution >= 4 is 23.2 Å². The molecule has 2 heterocycles. The Hall–Kier alpha value is -2.66. The van der Waals surface area contributed by atoms with Gasteiger partial charge in [-0.1, -0.05) is 17.4 Å². The number of alkyl halides is 3. The number of thiazole rings is 1. The molecule has 34 heavy (non-hydrogen) atoms.